The zero-order valence-electron chi connectivity index (χ0n) is 8.78. The highest BCUT2D eigenvalue weighted by Gasteiger charge is 2.38. The van der Waals surface area contributed by atoms with Gasteiger partial charge in [-0.05, 0) is 17.7 Å². The summed E-state index contributed by atoms with van der Waals surface area (Å²) in [5.41, 5.74) is 0.761. The van der Waals surface area contributed by atoms with Crippen LogP contribution in [0.1, 0.15) is 5.56 Å². The monoisotopic (exact) mass is 257 g/mol. The summed E-state index contributed by atoms with van der Waals surface area (Å²) in [7, 11) is -3.70. The number of carbonyl (C=O) groups is 1. The summed E-state index contributed by atoms with van der Waals surface area (Å²) in [6, 6.07) is 2.29. The first-order valence-electron chi connectivity index (χ1n) is 4.88. The maximum absolute atomic E-state index is 11.6. The quantitative estimate of drug-likeness (QED) is 0.737. The molecule has 0 amide bonds. The molecule has 1 aliphatic heterocycles. The van der Waals surface area contributed by atoms with Gasteiger partial charge < -0.3 is 5.11 Å². The third kappa shape index (κ3) is 2.60. The van der Waals surface area contributed by atoms with Crippen molar-refractivity contribution in [2.45, 2.75) is 12.6 Å². The second kappa shape index (κ2) is 4.40. The van der Waals surface area contributed by atoms with Gasteiger partial charge in [-0.3, -0.25) is 9.78 Å². The zero-order valence-corrected chi connectivity index (χ0v) is 9.59. The van der Waals surface area contributed by atoms with Crippen LogP contribution < -0.4 is 4.72 Å². The van der Waals surface area contributed by atoms with E-state index in [4.69, 9.17) is 5.11 Å². The second-order valence-electron chi connectivity index (χ2n) is 3.66. The van der Waals surface area contributed by atoms with Crippen LogP contribution in [0.15, 0.2) is 24.5 Å². The zero-order chi connectivity index (χ0) is 12.5. The minimum absolute atomic E-state index is 0.0695. The van der Waals surface area contributed by atoms with Crippen molar-refractivity contribution >= 4 is 16.2 Å². The molecule has 7 nitrogen and oxygen atoms in total. The number of nitrogens with one attached hydrogen (secondary N) is 1. The van der Waals surface area contributed by atoms with Crippen molar-refractivity contribution in [2.75, 3.05) is 6.54 Å². The maximum Gasteiger partial charge on any atom is 0.323 e. The van der Waals surface area contributed by atoms with Gasteiger partial charge in [-0.2, -0.15) is 17.4 Å². The van der Waals surface area contributed by atoms with Gasteiger partial charge >= 0.3 is 5.97 Å². The maximum atomic E-state index is 11.6. The van der Waals surface area contributed by atoms with Gasteiger partial charge in [0.25, 0.3) is 10.2 Å². The van der Waals surface area contributed by atoms with Gasteiger partial charge in [0.05, 0.1) is 0 Å². The van der Waals surface area contributed by atoms with Crippen molar-refractivity contribution < 1.29 is 18.3 Å². The fourth-order valence-corrected chi connectivity index (χ4v) is 2.91. The molecule has 1 saturated heterocycles. The van der Waals surface area contributed by atoms with Crippen LogP contribution in [-0.4, -0.2) is 41.4 Å². The van der Waals surface area contributed by atoms with Crippen molar-refractivity contribution in [1.82, 2.24) is 14.0 Å². The molecule has 0 aromatic carbocycles. The van der Waals surface area contributed by atoms with Gasteiger partial charge in [-0.15, -0.1) is 0 Å². The van der Waals surface area contributed by atoms with E-state index in [1.807, 2.05) is 0 Å². The average Bonchev–Trinajstić information content (AvgIpc) is 2.56. The highest BCUT2D eigenvalue weighted by atomic mass is 32.2. The van der Waals surface area contributed by atoms with E-state index >= 15 is 0 Å². The summed E-state index contributed by atoms with van der Waals surface area (Å²) in [6.07, 6.45) is 3.11. The number of rotatable bonds is 3. The number of hydrogen-bond donors (Lipinski definition) is 2. The van der Waals surface area contributed by atoms with Crippen LogP contribution in [0.2, 0.25) is 0 Å². The van der Waals surface area contributed by atoms with Crippen molar-refractivity contribution in [3.63, 3.8) is 0 Å². The van der Waals surface area contributed by atoms with Crippen LogP contribution in [0.5, 0.6) is 0 Å². The van der Waals surface area contributed by atoms with Gasteiger partial charge in [-0.1, -0.05) is 0 Å². The molecule has 2 N–H and O–H groups in total. The molecule has 1 aliphatic rings. The van der Waals surface area contributed by atoms with E-state index in [9.17, 15) is 13.2 Å². The molecular weight excluding hydrogens is 246 g/mol. The van der Waals surface area contributed by atoms with E-state index in [-0.39, 0.29) is 13.1 Å². The van der Waals surface area contributed by atoms with E-state index in [2.05, 4.69) is 9.71 Å². The van der Waals surface area contributed by atoms with E-state index in [0.29, 0.717) is 0 Å². The molecule has 1 aromatic heterocycles. The van der Waals surface area contributed by atoms with Crippen LogP contribution in [0.3, 0.4) is 0 Å². The number of carboxylic acids is 1. The Morgan fingerprint density at radius 1 is 1.53 bits per heavy atom. The van der Waals surface area contributed by atoms with E-state index in [1.165, 1.54) is 0 Å². The first-order valence-corrected chi connectivity index (χ1v) is 6.32. The summed E-state index contributed by atoms with van der Waals surface area (Å²) in [5.74, 6) is -1.18. The summed E-state index contributed by atoms with van der Waals surface area (Å²) < 4.78 is 26.4. The van der Waals surface area contributed by atoms with Crippen LogP contribution in [0.4, 0.5) is 0 Å². The molecule has 2 rings (SSSR count). The first-order chi connectivity index (χ1) is 7.99. The molecule has 1 fully saturated rings. The van der Waals surface area contributed by atoms with E-state index in [1.54, 1.807) is 24.5 Å². The lowest BCUT2D eigenvalue weighted by atomic mass is 10.2. The Bertz CT molecular complexity index is 516. The van der Waals surface area contributed by atoms with Crippen LogP contribution >= 0.6 is 0 Å². The molecule has 0 aliphatic carbocycles. The lowest BCUT2D eigenvalue weighted by molar-refractivity contribution is -0.138. The van der Waals surface area contributed by atoms with Crippen molar-refractivity contribution in [2.24, 2.45) is 0 Å². The van der Waals surface area contributed by atoms with Gasteiger partial charge in [-0.25, -0.2) is 0 Å². The number of nitrogens with zero attached hydrogens (tertiary/aromatic N) is 2. The molecule has 0 saturated carbocycles. The molecule has 0 bridgehead atoms. The number of pyridine rings is 1. The minimum atomic E-state index is -3.70. The highest BCUT2D eigenvalue weighted by Crippen LogP contribution is 2.14. The number of aliphatic carboxylic acids is 1. The summed E-state index contributed by atoms with van der Waals surface area (Å²) in [6.45, 7) is 0.0711. The van der Waals surface area contributed by atoms with Gasteiger partial charge in [0.1, 0.15) is 6.04 Å². The molecule has 1 unspecified atom stereocenters. The summed E-state index contributed by atoms with van der Waals surface area (Å²) in [5, 5.41) is 8.77. The fraction of sp³-hybridized carbons (Fsp3) is 0.333. The lowest BCUT2D eigenvalue weighted by Crippen LogP contribution is -2.34. The minimum Gasteiger partial charge on any atom is -0.480 e. The molecule has 0 spiro atoms. The topological polar surface area (TPSA) is 99.6 Å². The lowest BCUT2D eigenvalue weighted by Gasteiger charge is -2.12. The van der Waals surface area contributed by atoms with Crippen molar-refractivity contribution in [3.05, 3.63) is 30.1 Å². The molecular formula is C9H11N3O4S. The average molecular weight is 257 g/mol. The third-order valence-electron chi connectivity index (χ3n) is 2.42. The Morgan fingerprint density at radius 3 is 2.71 bits per heavy atom. The van der Waals surface area contributed by atoms with E-state index < -0.39 is 22.2 Å². The molecule has 8 heteroatoms. The smallest absolute Gasteiger partial charge is 0.323 e. The fourth-order valence-electron chi connectivity index (χ4n) is 1.56. The van der Waals surface area contributed by atoms with Crippen molar-refractivity contribution in [3.8, 4) is 0 Å². The summed E-state index contributed by atoms with van der Waals surface area (Å²) >= 11 is 0. The number of aromatic nitrogens is 1. The standard InChI is InChI=1S/C9H11N3O4S/c13-9(14)8-6-12(17(15,16)11-8)5-7-1-3-10-4-2-7/h1-4,8,11H,5-6H2,(H,13,14). The highest BCUT2D eigenvalue weighted by molar-refractivity contribution is 7.87. The largest absolute Gasteiger partial charge is 0.480 e. The second-order valence-corrected chi connectivity index (χ2v) is 5.36. The van der Waals surface area contributed by atoms with Crippen LogP contribution in [0, 0.1) is 0 Å². The van der Waals surface area contributed by atoms with Gasteiger partial charge in [0.2, 0.25) is 0 Å². The Labute approximate surface area is 98.3 Å². The predicted octanol–water partition coefficient (Wildman–Crippen LogP) is -0.815. The van der Waals surface area contributed by atoms with Gasteiger partial charge in [0, 0.05) is 25.5 Å². The molecule has 2 heterocycles. The number of carboxylic acid groups (broad SMARTS) is 1. The van der Waals surface area contributed by atoms with Gasteiger partial charge in [0.15, 0.2) is 0 Å². The molecule has 92 valence electrons. The van der Waals surface area contributed by atoms with Crippen LogP contribution in [0.25, 0.3) is 0 Å². The molecule has 1 aromatic rings. The van der Waals surface area contributed by atoms with E-state index in [0.717, 1.165) is 9.87 Å². The molecule has 17 heavy (non-hydrogen) atoms. The summed E-state index contributed by atoms with van der Waals surface area (Å²) in [4.78, 5) is 14.5. The predicted molar refractivity (Wildman–Crippen MR) is 58.1 cm³/mol. The SMILES string of the molecule is O=C(O)C1CN(Cc2ccncc2)S(=O)(=O)N1. The molecule has 1 atom stereocenters. The Morgan fingerprint density at radius 2 is 2.18 bits per heavy atom. The molecule has 0 radical (unpaired) electrons. The third-order valence-corrected chi connectivity index (χ3v) is 3.96. The Balaban J connectivity index is 2.15. The Kier molecular flexibility index (Phi) is 3.09. The van der Waals surface area contributed by atoms with Crippen LogP contribution in [-0.2, 0) is 21.5 Å². The first kappa shape index (κ1) is 12.0. The van der Waals surface area contributed by atoms with Crippen molar-refractivity contribution in [1.29, 1.82) is 0 Å². The number of hydrogen-bond acceptors (Lipinski definition) is 4. The normalized spacial score (nSPS) is 23.6. The Hall–Kier alpha value is -1.51.